The first-order valence-electron chi connectivity index (χ1n) is 6.07. The quantitative estimate of drug-likeness (QED) is 0.571. The maximum Gasteiger partial charge on any atom is 0.148 e. The average molecular weight is 278 g/mol. The fraction of sp³-hybridized carbons (Fsp3) is 0.417. The van der Waals surface area contributed by atoms with Crippen molar-refractivity contribution in [3.05, 3.63) is 27.5 Å². The Morgan fingerprint density at radius 1 is 1.16 bits per heavy atom. The number of rotatable bonds is 5. The van der Waals surface area contributed by atoms with Gasteiger partial charge in [-0.25, -0.2) is 20.8 Å². The van der Waals surface area contributed by atoms with Gasteiger partial charge in [-0.2, -0.15) is 0 Å². The lowest BCUT2D eigenvalue weighted by Crippen LogP contribution is -2.15. The highest BCUT2D eigenvalue weighted by Crippen LogP contribution is 2.19. The molecule has 2 aromatic rings. The lowest BCUT2D eigenvalue weighted by atomic mass is 10.3. The van der Waals surface area contributed by atoms with Crippen molar-refractivity contribution in [2.75, 3.05) is 17.3 Å². The summed E-state index contributed by atoms with van der Waals surface area (Å²) < 4.78 is 0. The maximum atomic E-state index is 5.43. The SMILES string of the molecule is Cc1csc(CCNc2nc(C)nc(NN)c2C)n1. The van der Waals surface area contributed by atoms with Gasteiger partial charge in [0.15, 0.2) is 0 Å². The van der Waals surface area contributed by atoms with E-state index in [4.69, 9.17) is 5.84 Å². The molecule has 0 fully saturated rings. The van der Waals surface area contributed by atoms with E-state index in [1.807, 2.05) is 20.8 Å². The van der Waals surface area contributed by atoms with Crippen molar-refractivity contribution in [3.8, 4) is 0 Å². The molecule has 2 heterocycles. The minimum Gasteiger partial charge on any atom is -0.369 e. The largest absolute Gasteiger partial charge is 0.369 e. The lowest BCUT2D eigenvalue weighted by Gasteiger charge is -2.11. The summed E-state index contributed by atoms with van der Waals surface area (Å²) in [6.45, 7) is 6.57. The van der Waals surface area contributed by atoms with E-state index in [0.29, 0.717) is 11.6 Å². The van der Waals surface area contributed by atoms with E-state index in [2.05, 4.69) is 31.1 Å². The van der Waals surface area contributed by atoms with Gasteiger partial charge in [-0.1, -0.05) is 0 Å². The molecule has 6 nitrogen and oxygen atoms in total. The Bertz CT molecular complexity index is 565. The van der Waals surface area contributed by atoms with Crippen LogP contribution in [-0.4, -0.2) is 21.5 Å². The number of thiazole rings is 1. The first kappa shape index (κ1) is 13.7. The van der Waals surface area contributed by atoms with Gasteiger partial charge in [0.25, 0.3) is 0 Å². The topological polar surface area (TPSA) is 88.8 Å². The van der Waals surface area contributed by atoms with Crippen LogP contribution in [0.1, 0.15) is 22.1 Å². The van der Waals surface area contributed by atoms with E-state index < -0.39 is 0 Å². The molecule has 0 aromatic carbocycles. The Morgan fingerprint density at radius 3 is 2.53 bits per heavy atom. The molecular weight excluding hydrogens is 260 g/mol. The first-order valence-corrected chi connectivity index (χ1v) is 6.95. The summed E-state index contributed by atoms with van der Waals surface area (Å²) in [6, 6.07) is 0. The highest BCUT2D eigenvalue weighted by atomic mass is 32.1. The minimum absolute atomic E-state index is 0.653. The number of aryl methyl sites for hydroxylation is 2. The van der Waals surface area contributed by atoms with Gasteiger partial charge >= 0.3 is 0 Å². The average Bonchev–Trinajstić information content (AvgIpc) is 2.79. The second-order valence-corrected chi connectivity index (χ2v) is 5.24. The third-order valence-electron chi connectivity index (χ3n) is 2.69. The predicted octanol–water partition coefficient (Wildman–Crippen LogP) is 1.80. The van der Waals surface area contributed by atoms with Crippen LogP contribution in [0.2, 0.25) is 0 Å². The highest BCUT2D eigenvalue weighted by Gasteiger charge is 2.08. The summed E-state index contributed by atoms with van der Waals surface area (Å²) in [7, 11) is 0. The number of hydrazine groups is 1. The number of nitrogens with two attached hydrogens (primary N) is 1. The summed E-state index contributed by atoms with van der Waals surface area (Å²) in [4.78, 5) is 13.0. The molecule has 0 unspecified atom stereocenters. The summed E-state index contributed by atoms with van der Waals surface area (Å²) >= 11 is 1.68. The van der Waals surface area contributed by atoms with Crippen molar-refractivity contribution in [2.24, 2.45) is 5.84 Å². The lowest BCUT2D eigenvalue weighted by molar-refractivity contribution is 0.953. The standard InChI is InChI=1S/C12H18N6S/c1-7-6-19-10(15-7)4-5-14-11-8(2)12(18-13)17-9(3)16-11/h6H,4-5,13H2,1-3H3,(H2,14,16,17,18). The zero-order valence-corrected chi connectivity index (χ0v) is 12.1. The zero-order valence-electron chi connectivity index (χ0n) is 11.3. The molecule has 0 atom stereocenters. The molecule has 0 aliphatic rings. The molecule has 0 saturated carbocycles. The van der Waals surface area contributed by atoms with Gasteiger partial charge in [0.05, 0.1) is 5.01 Å². The zero-order chi connectivity index (χ0) is 13.8. The van der Waals surface area contributed by atoms with Crippen LogP contribution in [0, 0.1) is 20.8 Å². The normalized spacial score (nSPS) is 10.5. The smallest absolute Gasteiger partial charge is 0.148 e. The van der Waals surface area contributed by atoms with Crippen molar-refractivity contribution >= 4 is 23.0 Å². The van der Waals surface area contributed by atoms with E-state index in [9.17, 15) is 0 Å². The van der Waals surface area contributed by atoms with Gasteiger partial charge in [-0.15, -0.1) is 11.3 Å². The van der Waals surface area contributed by atoms with E-state index in [0.717, 1.165) is 35.0 Å². The van der Waals surface area contributed by atoms with Crippen LogP contribution < -0.4 is 16.6 Å². The first-order chi connectivity index (χ1) is 9.10. The number of aromatic nitrogens is 3. The molecule has 2 aromatic heterocycles. The molecule has 4 N–H and O–H groups in total. The number of anilines is 2. The van der Waals surface area contributed by atoms with Crippen molar-refractivity contribution in [3.63, 3.8) is 0 Å². The molecule has 102 valence electrons. The third kappa shape index (κ3) is 3.39. The van der Waals surface area contributed by atoms with Gasteiger partial charge in [0.2, 0.25) is 0 Å². The van der Waals surface area contributed by atoms with Crippen molar-refractivity contribution in [2.45, 2.75) is 27.2 Å². The van der Waals surface area contributed by atoms with Crippen LogP contribution in [0.15, 0.2) is 5.38 Å². The van der Waals surface area contributed by atoms with Gasteiger partial charge < -0.3 is 10.7 Å². The number of nitrogen functional groups attached to an aromatic ring is 1. The van der Waals surface area contributed by atoms with E-state index in [1.54, 1.807) is 11.3 Å². The van der Waals surface area contributed by atoms with Gasteiger partial charge in [0, 0.05) is 29.6 Å². The molecular formula is C12H18N6S. The van der Waals surface area contributed by atoms with E-state index in [-0.39, 0.29) is 0 Å². The molecule has 0 aliphatic carbocycles. The molecule has 2 rings (SSSR count). The van der Waals surface area contributed by atoms with Crippen molar-refractivity contribution in [1.29, 1.82) is 0 Å². The van der Waals surface area contributed by atoms with Gasteiger partial charge in [-0.3, -0.25) is 0 Å². The Morgan fingerprint density at radius 2 is 1.89 bits per heavy atom. The molecule has 0 aliphatic heterocycles. The van der Waals surface area contributed by atoms with Crippen LogP contribution in [0.3, 0.4) is 0 Å². The number of hydrogen-bond donors (Lipinski definition) is 3. The second-order valence-electron chi connectivity index (χ2n) is 4.30. The fourth-order valence-electron chi connectivity index (χ4n) is 1.75. The molecule has 0 spiro atoms. The van der Waals surface area contributed by atoms with E-state index in [1.165, 1.54) is 0 Å². The Balaban J connectivity index is 2.01. The minimum atomic E-state index is 0.653. The summed E-state index contributed by atoms with van der Waals surface area (Å²) in [6.07, 6.45) is 0.881. The Hall–Kier alpha value is -1.73. The van der Waals surface area contributed by atoms with Crippen LogP contribution in [0.4, 0.5) is 11.6 Å². The summed E-state index contributed by atoms with van der Waals surface area (Å²) in [5, 5.41) is 6.50. The van der Waals surface area contributed by atoms with Crippen molar-refractivity contribution < 1.29 is 0 Å². The number of nitrogens with one attached hydrogen (secondary N) is 2. The monoisotopic (exact) mass is 278 g/mol. The molecule has 0 radical (unpaired) electrons. The fourth-order valence-corrected chi connectivity index (χ4v) is 2.52. The Labute approximate surface area is 116 Å². The van der Waals surface area contributed by atoms with Crippen molar-refractivity contribution in [1.82, 2.24) is 15.0 Å². The Kier molecular flexibility index (Phi) is 4.28. The number of nitrogens with zero attached hydrogens (tertiary/aromatic N) is 3. The van der Waals surface area contributed by atoms with Crippen LogP contribution >= 0.6 is 11.3 Å². The third-order valence-corrected chi connectivity index (χ3v) is 3.72. The second kappa shape index (κ2) is 5.94. The number of hydrogen-bond acceptors (Lipinski definition) is 7. The molecule has 0 saturated heterocycles. The molecule has 19 heavy (non-hydrogen) atoms. The van der Waals surface area contributed by atoms with Crippen LogP contribution in [0.5, 0.6) is 0 Å². The molecule has 0 bridgehead atoms. The highest BCUT2D eigenvalue weighted by molar-refractivity contribution is 7.09. The molecule has 7 heteroatoms. The molecule has 0 amide bonds. The van der Waals surface area contributed by atoms with E-state index >= 15 is 0 Å². The van der Waals surface area contributed by atoms with Crippen LogP contribution in [0.25, 0.3) is 0 Å². The van der Waals surface area contributed by atoms with Gasteiger partial charge in [0.1, 0.15) is 17.5 Å². The van der Waals surface area contributed by atoms with Gasteiger partial charge in [-0.05, 0) is 20.8 Å². The summed E-state index contributed by atoms with van der Waals surface area (Å²) in [5.41, 5.74) is 4.58. The van der Waals surface area contributed by atoms with Crippen LogP contribution in [-0.2, 0) is 6.42 Å². The predicted molar refractivity (Wildman–Crippen MR) is 78.4 cm³/mol. The maximum absolute atomic E-state index is 5.43. The summed E-state index contributed by atoms with van der Waals surface area (Å²) in [5.74, 6) is 7.59.